The standard InChI is InChI=1S/C24H28N2/c1-15-9-7-11-21(17(15)3)13-23-19(5)25-20(6)24(26-23)14-22-12-8-10-16(2)18(22)4/h7-12H,13-14H2,1-6H3. The Morgan fingerprint density at radius 3 is 1.42 bits per heavy atom. The second kappa shape index (κ2) is 7.41. The SMILES string of the molecule is Cc1cccc(Cc2nc(Cc3cccc(C)c3C)c(C)nc2C)c1C. The van der Waals surface area contributed by atoms with Gasteiger partial charge in [0, 0.05) is 12.8 Å². The number of hydrogen-bond donors (Lipinski definition) is 0. The lowest BCUT2D eigenvalue weighted by molar-refractivity contribution is 0.885. The molecule has 0 N–H and O–H groups in total. The van der Waals surface area contributed by atoms with Crippen molar-refractivity contribution in [3.8, 4) is 0 Å². The molecule has 1 aromatic heterocycles. The van der Waals surface area contributed by atoms with E-state index in [4.69, 9.17) is 9.97 Å². The van der Waals surface area contributed by atoms with Crippen molar-refractivity contribution in [1.82, 2.24) is 9.97 Å². The molecule has 2 nitrogen and oxygen atoms in total. The molecule has 0 atom stereocenters. The molecule has 0 amide bonds. The van der Waals surface area contributed by atoms with E-state index in [2.05, 4.69) is 77.9 Å². The third-order valence-corrected chi connectivity index (χ3v) is 5.59. The van der Waals surface area contributed by atoms with E-state index >= 15 is 0 Å². The van der Waals surface area contributed by atoms with Crippen molar-refractivity contribution in [3.63, 3.8) is 0 Å². The number of aryl methyl sites for hydroxylation is 4. The van der Waals surface area contributed by atoms with Gasteiger partial charge < -0.3 is 0 Å². The first-order chi connectivity index (χ1) is 12.4. The van der Waals surface area contributed by atoms with E-state index in [9.17, 15) is 0 Å². The highest BCUT2D eigenvalue weighted by molar-refractivity contribution is 5.39. The minimum Gasteiger partial charge on any atom is -0.255 e. The predicted octanol–water partition coefficient (Wildman–Crippen LogP) is 5.51. The van der Waals surface area contributed by atoms with Crippen molar-refractivity contribution >= 4 is 0 Å². The molecule has 3 aromatic rings. The van der Waals surface area contributed by atoms with Gasteiger partial charge >= 0.3 is 0 Å². The Kier molecular flexibility index (Phi) is 5.22. The van der Waals surface area contributed by atoms with Crippen LogP contribution in [0.15, 0.2) is 36.4 Å². The molecular formula is C24H28N2. The lowest BCUT2D eigenvalue weighted by Crippen LogP contribution is -2.08. The Hall–Kier alpha value is -2.48. The van der Waals surface area contributed by atoms with Gasteiger partial charge in [-0.3, -0.25) is 9.97 Å². The van der Waals surface area contributed by atoms with E-state index in [0.717, 1.165) is 35.6 Å². The van der Waals surface area contributed by atoms with Gasteiger partial charge in [0.1, 0.15) is 0 Å². The second-order valence-electron chi connectivity index (χ2n) is 7.36. The molecule has 0 spiro atoms. The second-order valence-corrected chi connectivity index (χ2v) is 7.36. The van der Waals surface area contributed by atoms with Crippen molar-refractivity contribution < 1.29 is 0 Å². The highest BCUT2D eigenvalue weighted by Crippen LogP contribution is 2.21. The highest BCUT2D eigenvalue weighted by atomic mass is 14.8. The molecule has 134 valence electrons. The largest absolute Gasteiger partial charge is 0.255 e. The minimum atomic E-state index is 0.840. The van der Waals surface area contributed by atoms with Crippen LogP contribution in [0.2, 0.25) is 0 Å². The van der Waals surface area contributed by atoms with Crippen LogP contribution in [0.5, 0.6) is 0 Å². The molecule has 2 aromatic carbocycles. The summed E-state index contributed by atoms with van der Waals surface area (Å²) in [4.78, 5) is 9.85. The quantitative estimate of drug-likeness (QED) is 0.624. The fourth-order valence-electron chi connectivity index (χ4n) is 3.41. The molecular weight excluding hydrogens is 316 g/mol. The van der Waals surface area contributed by atoms with Gasteiger partial charge in [-0.05, 0) is 74.9 Å². The summed E-state index contributed by atoms with van der Waals surface area (Å²) in [6.07, 6.45) is 1.68. The van der Waals surface area contributed by atoms with Crippen LogP contribution in [0.1, 0.15) is 56.2 Å². The number of hydrogen-bond acceptors (Lipinski definition) is 2. The molecule has 3 rings (SSSR count). The normalized spacial score (nSPS) is 11.0. The first-order valence-electron chi connectivity index (χ1n) is 9.30. The first kappa shape index (κ1) is 18.3. The van der Waals surface area contributed by atoms with Crippen LogP contribution in [0.3, 0.4) is 0 Å². The molecule has 0 saturated heterocycles. The summed E-state index contributed by atoms with van der Waals surface area (Å²) in [7, 11) is 0. The Morgan fingerprint density at radius 2 is 1.00 bits per heavy atom. The lowest BCUT2D eigenvalue weighted by atomic mass is 9.97. The van der Waals surface area contributed by atoms with E-state index in [0.29, 0.717) is 0 Å². The van der Waals surface area contributed by atoms with Crippen molar-refractivity contribution in [2.24, 2.45) is 0 Å². The maximum absolute atomic E-state index is 5.04. The van der Waals surface area contributed by atoms with Crippen LogP contribution >= 0.6 is 0 Å². The zero-order valence-electron chi connectivity index (χ0n) is 16.8. The number of aromatic nitrogens is 2. The van der Waals surface area contributed by atoms with Crippen LogP contribution in [0.4, 0.5) is 0 Å². The number of rotatable bonds is 4. The van der Waals surface area contributed by atoms with Gasteiger partial charge in [-0.1, -0.05) is 36.4 Å². The number of nitrogens with zero attached hydrogens (tertiary/aromatic N) is 2. The molecule has 0 bridgehead atoms. The molecule has 1 heterocycles. The fourth-order valence-corrected chi connectivity index (χ4v) is 3.41. The van der Waals surface area contributed by atoms with Gasteiger partial charge in [0.2, 0.25) is 0 Å². The summed E-state index contributed by atoms with van der Waals surface area (Å²) in [6.45, 7) is 12.9. The van der Waals surface area contributed by atoms with Gasteiger partial charge in [0.15, 0.2) is 0 Å². The number of benzene rings is 2. The highest BCUT2D eigenvalue weighted by Gasteiger charge is 2.12. The van der Waals surface area contributed by atoms with Gasteiger partial charge in [-0.2, -0.15) is 0 Å². The summed E-state index contributed by atoms with van der Waals surface area (Å²) in [5.74, 6) is 0. The molecule has 2 heteroatoms. The third-order valence-electron chi connectivity index (χ3n) is 5.59. The first-order valence-corrected chi connectivity index (χ1v) is 9.30. The maximum Gasteiger partial charge on any atom is 0.0663 e. The molecule has 0 aliphatic rings. The molecule has 0 aliphatic heterocycles. The summed E-state index contributed by atoms with van der Waals surface area (Å²) >= 11 is 0. The van der Waals surface area contributed by atoms with E-state index in [-0.39, 0.29) is 0 Å². The Labute approximate surface area is 157 Å². The van der Waals surface area contributed by atoms with E-state index in [1.165, 1.54) is 33.4 Å². The van der Waals surface area contributed by atoms with E-state index in [1.54, 1.807) is 0 Å². The monoisotopic (exact) mass is 344 g/mol. The van der Waals surface area contributed by atoms with Crippen LogP contribution in [0.25, 0.3) is 0 Å². The van der Waals surface area contributed by atoms with Crippen molar-refractivity contribution in [2.45, 2.75) is 54.4 Å². The summed E-state index contributed by atoms with van der Waals surface area (Å²) in [6, 6.07) is 13.0. The van der Waals surface area contributed by atoms with Crippen LogP contribution in [0, 0.1) is 41.5 Å². The third kappa shape index (κ3) is 3.70. The van der Waals surface area contributed by atoms with E-state index < -0.39 is 0 Å². The average Bonchev–Trinajstić information content (AvgIpc) is 2.60. The molecule has 0 fully saturated rings. The fraction of sp³-hybridized carbons (Fsp3) is 0.333. The Balaban J connectivity index is 1.97. The molecule has 0 aliphatic carbocycles. The minimum absolute atomic E-state index is 0.840. The van der Waals surface area contributed by atoms with Crippen molar-refractivity contribution in [2.75, 3.05) is 0 Å². The topological polar surface area (TPSA) is 25.8 Å². The zero-order valence-corrected chi connectivity index (χ0v) is 16.8. The smallest absolute Gasteiger partial charge is 0.0663 e. The zero-order chi connectivity index (χ0) is 18.8. The van der Waals surface area contributed by atoms with Gasteiger partial charge in [-0.25, -0.2) is 0 Å². The Bertz CT molecular complexity index is 880. The lowest BCUT2D eigenvalue weighted by Gasteiger charge is -2.14. The molecule has 0 unspecified atom stereocenters. The van der Waals surface area contributed by atoms with E-state index in [1.807, 2.05) is 0 Å². The van der Waals surface area contributed by atoms with Crippen molar-refractivity contribution in [3.05, 3.63) is 92.6 Å². The molecule has 0 saturated carbocycles. The van der Waals surface area contributed by atoms with Crippen LogP contribution in [-0.2, 0) is 12.8 Å². The van der Waals surface area contributed by atoms with Gasteiger partial charge in [0.25, 0.3) is 0 Å². The summed E-state index contributed by atoms with van der Waals surface area (Å²) < 4.78 is 0. The Morgan fingerprint density at radius 1 is 0.577 bits per heavy atom. The summed E-state index contributed by atoms with van der Waals surface area (Å²) in [5.41, 5.74) is 12.3. The van der Waals surface area contributed by atoms with Gasteiger partial charge in [-0.15, -0.1) is 0 Å². The molecule has 26 heavy (non-hydrogen) atoms. The van der Waals surface area contributed by atoms with Crippen LogP contribution in [-0.4, -0.2) is 9.97 Å². The summed E-state index contributed by atoms with van der Waals surface area (Å²) in [5, 5.41) is 0. The van der Waals surface area contributed by atoms with Crippen molar-refractivity contribution in [1.29, 1.82) is 0 Å². The molecule has 0 radical (unpaired) electrons. The predicted molar refractivity (Wildman–Crippen MR) is 109 cm³/mol. The average molecular weight is 345 g/mol. The van der Waals surface area contributed by atoms with Gasteiger partial charge in [0.05, 0.1) is 22.8 Å². The van der Waals surface area contributed by atoms with Crippen LogP contribution < -0.4 is 0 Å². The maximum atomic E-state index is 5.04.